The van der Waals surface area contributed by atoms with Gasteiger partial charge in [-0.15, -0.1) is 0 Å². The Hall–Kier alpha value is -1.91. The first-order chi connectivity index (χ1) is 7.08. The first-order valence-corrected chi connectivity index (χ1v) is 4.47. The normalized spacial score (nSPS) is 9.53. The van der Waals surface area contributed by atoms with Gasteiger partial charge in [-0.1, -0.05) is 5.22 Å². The van der Waals surface area contributed by atoms with Gasteiger partial charge in [0, 0.05) is 6.07 Å². The minimum atomic E-state index is 0.192. The summed E-state index contributed by atoms with van der Waals surface area (Å²) in [6.45, 7) is 3.50. The zero-order valence-corrected chi connectivity index (χ0v) is 9.03. The number of methoxy groups -OCH3 is 1. The van der Waals surface area contributed by atoms with Crippen molar-refractivity contribution in [1.29, 1.82) is 10.9 Å². The van der Waals surface area contributed by atoms with Crippen molar-refractivity contribution in [3.63, 3.8) is 0 Å². The Kier molecular flexibility index (Phi) is 3.38. The topological polar surface area (TPSA) is 72.5 Å². The van der Waals surface area contributed by atoms with Gasteiger partial charge < -0.3 is 4.74 Å². The molecule has 0 fully saturated rings. The highest BCUT2D eigenvalue weighted by Crippen LogP contribution is 2.24. The molecule has 0 bridgehead atoms. The molecule has 5 nitrogen and oxygen atoms in total. The van der Waals surface area contributed by atoms with Gasteiger partial charge in [-0.3, -0.25) is 5.41 Å². The average molecular weight is 206 g/mol. The number of amidine groups is 1. The van der Waals surface area contributed by atoms with Crippen LogP contribution in [0.15, 0.2) is 23.4 Å². The largest absolute Gasteiger partial charge is 0.497 e. The van der Waals surface area contributed by atoms with Gasteiger partial charge in [0.2, 0.25) is 0 Å². The van der Waals surface area contributed by atoms with Crippen LogP contribution >= 0.6 is 0 Å². The summed E-state index contributed by atoms with van der Waals surface area (Å²) in [5.41, 5.74) is 8.66. The molecule has 15 heavy (non-hydrogen) atoms. The molecule has 0 aromatic heterocycles. The Morgan fingerprint density at radius 3 is 2.53 bits per heavy atom. The number of nitrogens with one attached hydrogen (secondary N) is 2. The third kappa shape index (κ3) is 2.52. The molecular weight excluding hydrogens is 192 g/mol. The highest BCUT2D eigenvalue weighted by atomic mass is 16.5. The molecule has 80 valence electrons. The van der Waals surface area contributed by atoms with Gasteiger partial charge in [-0.05, 0) is 31.5 Å². The predicted molar refractivity (Wildman–Crippen MR) is 58.8 cm³/mol. The lowest BCUT2D eigenvalue weighted by atomic mass is 10.2. The predicted octanol–water partition coefficient (Wildman–Crippen LogP) is 2.75. The third-order valence-corrected chi connectivity index (χ3v) is 1.93. The van der Waals surface area contributed by atoms with Crippen molar-refractivity contribution in [2.45, 2.75) is 13.8 Å². The molecule has 0 aliphatic rings. The summed E-state index contributed by atoms with van der Waals surface area (Å²) < 4.78 is 5.11. The SMILES string of the molecule is COc1cc(C)cc(N(N=N)C(C)=N)c1. The van der Waals surface area contributed by atoms with E-state index in [-0.39, 0.29) is 5.84 Å². The van der Waals surface area contributed by atoms with Gasteiger partial charge in [-0.2, -0.15) is 5.53 Å². The van der Waals surface area contributed by atoms with Crippen molar-refractivity contribution < 1.29 is 4.74 Å². The van der Waals surface area contributed by atoms with Gasteiger partial charge in [0.15, 0.2) is 0 Å². The maximum absolute atomic E-state index is 7.46. The summed E-state index contributed by atoms with van der Waals surface area (Å²) in [5.74, 6) is 0.887. The highest BCUT2D eigenvalue weighted by Gasteiger charge is 2.09. The van der Waals surface area contributed by atoms with E-state index in [0.717, 1.165) is 5.56 Å². The second-order valence-corrected chi connectivity index (χ2v) is 3.21. The second kappa shape index (κ2) is 4.54. The van der Waals surface area contributed by atoms with Crippen LogP contribution in [0, 0.1) is 17.9 Å². The molecule has 5 heteroatoms. The Morgan fingerprint density at radius 2 is 2.07 bits per heavy atom. The van der Waals surface area contributed by atoms with Gasteiger partial charge in [0.05, 0.1) is 12.8 Å². The molecule has 0 radical (unpaired) electrons. The molecule has 0 saturated heterocycles. The second-order valence-electron chi connectivity index (χ2n) is 3.21. The van der Waals surface area contributed by atoms with Crippen LogP contribution in [0.1, 0.15) is 12.5 Å². The molecule has 1 aromatic carbocycles. The Bertz CT molecular complexity index is 389. The number of rotatable bonds is 3. The van der Waals surface area contributed by atoms with E-state index in [2.05, 4.69) is 5.22 Å². The molecule has 0 aliphatic heterocycles. The Morgan fingerprint density at radius 1 is 1.40 bits per heavy atom. The lowest BCUT2D eigenvalue weighted by Crippen LogP contribution is -2.20. The maximum Gasteiger partial charge on any atom is 0.121 e. The molecule has 2 N–H and O–H groups in total. The first-order valence-electron chi connectivity index (χ1n) is 4.47. The Labute approximate surface area is 88.7 Å². The molecule has 0 saturated carbocycles. The molecule has 0 aliphatic carbocycles. The molecule has 1 rings (SSSR count). The number of aryl methyl sites for hydroxylation is 1. The quantitative estimate of drug-likeness (QED) is 0.345. The Balaban J connectivity index is 3.17. The molecular formula is C10H14N4O. The van der Waals surface area contributed by atoms with E-state index in [1.807, 2.05) is 19.1 Å². The van der Waals surface area contributed by atoms with Crippen LogP contribution in [0.5, 0.6) is 5.75 Å². The summed E-state index contributed by atoms with van der Waals surface area (Å²) in [4.78, 5) is 0. The van der Waals surface area contributed by atoms with Crippen molar-refractivity contribution in [3.05, 3.63) is 23.8 Å². The van der Waals surface area contributed by atoms with Gasteiger partial charge in [0.25, 0.3) is 0 Å². The number of hydrogen-bond acceptors (Lipinski definition) is 4. The van der Waals surface area contributed by atoms with Crippen molar-refractivity contribution in [2.24, 2.45) is 5.22 Å². The molecule has 0 amide bonds. The summed E-state index contributed by atoms with van der Waals surface area (Å²) in [7, 11) is 1.58. The fourth-order valence-corrected chi connectivity index (χ4v) is 1.29. The van der Waals surface area contributed by atoms with Crippen LogP contribution in [0.3, 0.4) is 0 Å². The molecule has 0 unspecified atom stereocenters. The number of anilines is 1. The summed E-state index contributed by atoms with van der Waals surface area (Å²) in [6.07, 6.45) is 0. The highest BCUT2D eigenvalue weighted by molar-refractivity contribution is 5.93. The van der Waals surface area contributed by atoms with Gasteiger partial charge in [0.1, 0.15) is 11.6 Å². The smallest absolute Gasteiger partial charge is 0.121 e. The van der Waals surface area contributed by atoms with Crippen LogP contribution in [-0.4, -0.2) is 12.9 Å². The third-order valence-electron chi connectivity index (χ3n) is 1.93. The molecule has 0 spiro atoms. The molecule has 0 heterocycles. The fourth-order valence-electron chi connectivity index (χ4n) is 1.29. The lowest BCUT2D eigenvalue weighted by molar-refractivity contribution is 0.414. The van der Waals surface area contributed by atoms with Gasteiger partial charge in [-0.25, -0.2) is 5.01 Å². The van der Waals surface area contributed by atoms with Crippen molar-refractivity contribution in [1.82, 2.24) is 0 Å². The minimum absolute atomic E-state index is 0.192. The van der Waals surface area contributed by atoms with E-state index < -0.39 is 0 Å². The van der Waals surface area contributed by atoms with Crippen LogP contribution in [0.25, 0.3) is 0 Å². The number of ether oxygens (including phenoxy) is 1. The minimum Gasteiger partial charge on any atom is -0.497 e. The number of hydrogen-bond donors (Lipinski definition) is 2. The van der Waals surface area contributed by atoms with E-state index in [1.165, 1.54) is 5.01 Å². The number of nitrogens with zero attached hydrogens (tertiary/aromatic N) is 2. The van der Waals surface area contributed by atoms with Crippen molar-refractivity contribution in [3.8, 4) is 5.75 Å². The van der Waals surface area contributed by atoms with E-state index in [4.69, 9.17) is 15.7 Å². The molecule has 1 aromatic rings. The standard InChI is InChI=1S/C10H14N4O/c1-7-4-9(6-10(5-7)15-3)14(13-12)8(2)11/h4-6,11-12H,1-3H3. The van der Waals surface area contributed by atoms with E-state index in [1.54, 1.807) is 20.1 Å². The zero-order chi connectivity index (χ0) is 11.4. The zero-order valence-electron chi connectivity index (χ0n) is 9.03. The summed E-state index contributed by atoms with van der Waals surface area (Å²) in [5, 5.41) is 12.0. The van der Waals surface area contributed by atoms with Crippen LogP contribution in [0.4, 0.5) is 5.69 Å². The van der Waals surface area contributed by atoms with Gasteiger partial charge >= 0.3 is 0 Å². The van der Waals surface area contributed by atoms with Crippen molar-refractivity contribution >= 4 is 11.5 Å². The van der Waals surface area contributed by atoms with Crippen LogP contribution in [-0.2, 0) is 0 Å². The summed E-state index contributed by atoms with van der Waals surface area (Å²) >= 11 is 0. The monoisotopic (exact) mass is 206 g/mol. The number of benzene rings is 1. The molecule has 0 atom stereocenters. The van der Waals surface area contributed by atoms with Crippen LogP contribution in [0.2, 0.25) is 0 Å². The lowest BCUT2D eigenvalue weighted by Gasteiger charge is -2.16. The van der Waals surface area contributed by atoms with E-state index >= 15 is 0 Å². The fraction of sp³-hybridized carbons (Fsp3) is 0.300. The van der Waals surface area contributed by atoms with E-state index in [0.29, 0.717) is 11.4 Å². The summed E-state index contributed by atoms with van der Waals surface area (Å²) in [6, 6.07) is 5.46. The maximum atomic E-state index is 7.46. The van der Waals surface area contributed by atoms with Crippen LogP contribution < -0.4 is 9.75 Å². The van der Waals surface area contributed by atoms with Crippen molar-refractivity contribution in [2.75, 3.05) is 12.1 Å². The average Bonchev–Trinajstić information content (AvgIpc) is 2.17. The first kappa shape index (κ1) is 11.2. The van der Waals surface area contributed by atoms with E-state index in [9.17, 15) is 0 Å².